The molecule has 0 aliphatic carbocycles. The number of halogens is 3. The van der Waals surface area contributed by atoms with Gasteiger partial charge in [-0.25, -0.2) is 17.9 Å². The Morgan fingerprint density at radius 3 is 2.50 bits per heavy atom. The van der Waals surface area contributed by atoms with Gasteiger partial charge in [0.25, 0.3) is 0 Å². The van der Waals surface area contributed by atoms with Crippen molar-refractivity contribution in [2.75, 3.05) is 0 Å². The van der Waals surface area contributed by atoms with E-state index < -0.39 is 53.1 Å². The first-order valence-corrected chi connectivity index (χ1v) is 10.1. The Hall–Kier alpha value is -3.57. The lowest BCUT2D eigenvalue weighted by Gasteiger charge is -2.41. The fourth-order valence-corrected chi connectivity index (χ4v) is 3.69. The van der Waals surface area contributed by atoms with Crippen molar-refractivity contribution in [3.05, 3.63) is 65.6 Å². The van der Waals surface area contributed by atoms with Crippen LogP contribution in [-0.4, -0.2) is 60.0 Å². The normalized spacial score (nSPS) is 24.4. The van der Waals surface area contributed by atoms with Crippen LogP contribution < -0.4 is 4.74 Å². The summed E-state index contributed by atoms with van der Waals surface area (Å²) in [5.74, 6) is -4.37. The zero-order valence-electron chi connectivity index (χ0n) is 16.9. The summed E-state index contributed by atoms with van der Waals surface area (Å²) in [7, 11) is 0. The van der Waals surface area contributed by atoms with Crippen molar-refractivity contribution in [2.45, 2.75) is 30.6 Å². The quantitative estimate of drug-likeness (QED) is 0.362. The number of aromatic nitrogens is 3. The number of hydrogen-bond donors (Lipinski definition) is 3. The van der Waals surface area contributed by atoms with Crippen LogP contribution in [0.5, 0.6) is 5.75 Å². The van der Waals surface area contributed by atoms with Crippen LogP contribution in [0.15, 0.2) is 42.6 Å². The number of aliphatic hydroxyl groups is 3. The van der Waals surface area contributed by atoms with Gasteiger partial charge in [-0.15, -0.1) is 5.10 Å². The number of benzene rings is 2. The molecule has 0 saturated carbocycles. The monoisotopic (exact) mass is 492 g/mol. The Morgan fingerprint density at radius 2 is 1.85 bits per heavy atom. The summed E-state index contributed by atoms with van der Waals surface area (Å²) >= 11 is 4.74. The predicted molar refractivity (Wildman–Crippen MR) is 112 cm³/mol. The van der Waals surface area contributed by atoms with Crippen LogP contribution in [0.3, 0.4) is 0 Å². The van der Waals surface area contributed by atoms with Gasteiger partial charge in [0.15, 0.2) is 28.6 Å². The number of nitrogens with zero attached hydrogens (tertiary/aromatic N) is 4. The number of hydrogen-bond acceptors (Lipinski definition) is 8. The Kier molecular flexibility index (Phi) is 6.49. The van der Waals surface area contributed by atoms with E-state index in [0.717, 1.165) is 10.9 Å². The lowest BCUT2D eigenvalue weighted by atomic mass is 9.96. The molecule has 0 amide bonds. The highest BCUT2D eigenvalue weighted by atomic mass is 32.1. The second-order valence-corrected chi connectivity index (χ2v) is 7.75. The first-order valence-electron chi connectivity index (χ1n) is 9.67. The maximum atomic E-state index is 13.6. The fourth-order valence-electron chi connectivity index (χ4n) is 3.49. The molecule has 0 unspecified atom stereocenters. The minimum Gasteiger partial charge on any atom is -0.500 e. The molecular formula is C21H15F3N4O5S. The predicted octanol–water partition coefficient (Wildman–Crippen LogP) is 2.19. The van der Waals surface area contributed by atoms with Crippen LogP contribution in [0.25, 0.3) is 11.3 Å². The summed E-state index contributed by atoms with van der Waals surface area (Å²) in [4.78, 5) is 0. The van der Waals surface area contributed by atoms with Crippen LogP contribution >= 0.6 is 12.2 Å². The highest BCUT2D eigenvalue weighted by molar-refractivity contribution is 7.80. The molecule has 2 aromatic carbocycles. The minimum atomic E-state index is -1.65. The molecule has 5 atom stereocenters. The fraction of sp³-hybridized carbons (Fsp3) is 0.238. The van der Waals surface area contributed by atoms with Gasteiger partial charge in [0, 0.05) is 5.56 Å². The SMILES string of the molecule is N#Cc1cccc(O[C@H]2O[C@H](C(O)=S)[C@H](O)[C@H](n3cc(-c4cc(F)c(F)c(F)c4)nn3)[C@H]2O)c1. The van der Waals surface area contributed by atoms with E-state index in [9.17, 15) is 28.5 Å². The topological polar surface area (TPSA) is 134 Å². The molecule has 34 heavy (non-hydrogen) atoms. The van der Waals surface area contributed by atoms with E-state index in [2.05, 4.69) is 10.3 Å². The summed E-state index contributed by atoms with van der Waals surface area (Å²) in [6.45, 7) is 0. The Balaban J connectivity index is 1.67. The van der Waals surface area contributed by atoms with Gasteiger partial charge in [-0.05, 0) is 42.5 Å². The number of nitriles is 1. The molecule has 1 aromatic heterocycles. The third-order valence-corrected chi connectivity index (χ3v) is 5.36. The lowest BCUT2D eigenvalue weighted by Crippen LogP contribution is -2.58. The van der Waals surface area contributed by atoms with E-state index in [-0.39, 0.29) is 22.6 Å². The molecule has 1 aliphatic rings. The molecule has 9 nitrogen and oxygen atoms in total. The van der Waals surface area contributed by atoms with Gasteiger partial charge in [-0.3, -0.25) is 0 Å². The lowest BCUT2D eigenvalue weighted by molar-refractivity contribution is -0.239. The molecular weight excluding hydrogens is 477 g/mol. The van der Waals surface area contributed by atoms with Gasteiger partial charge >= 0.3 is 0 Å². The molecule has 13 heteroatoms. The second-order valence-electron chi connectivity index (χ2n) is 7.33. The molecule has 176 valence electrons. The average molecular weight is 492 g/mol. The van der Waals surface area contributed by atoms with Gasteiger partial charge in [0.2, 0.25) is 6.29 Å². The van der Waals surface area contributed by atoms with Gasteiger partial charge in [-0.1, -0.05) is 11.3 Å². The van der Waals surface area contributed by atoms with Crippen molar-refractivity contribution in [1.82, 2.24) is 15.0 Å². The first-order chi connectivity index (χ1) is 16.2. The van der Waals surface area contributed by atoms with E-state index in [4.69, 9.17) is 27.0 Å². The third-order valence-electron chi connectivity index (χ3n) is 5.12. The van der Waals surface area contributed by atoms with Crippen LogP contribution in [0, 0.1) is 28.8 Å². The van der Waals surface area contributed by atoms with Crippen LogP contribution in [-0.2, 0) is 4.74 Å². The summed E-state index contributed by atoms with van der Waals surface area (Å²) < 4.78 is 52.6. The Morgan fingerprint density at radius 1 is 1.15 bits per heavy atom. The van der Waals surface area contributed by atoms with E-state index in [0.29, 0.717) is 12.1 Å². The standard InChI is InChI=1S/C21H15F3N4O5S/c22-12-5-10(6-13(23)15(12)24)14-8-28(27-26-14)16-17(29)19(20(31)34)33-21(18(16)30)32-11-3-1-2-9(4-11)7-25/h1-6,8,16-19,21,29-30H,(H,31,34)/t16-,17+,18+,19-,21-/m0/s1. The molecule has 1 aliphatic heterocycles. The van der Waals surface area contributed by atoms with Crippen molar-refractivity contribution in [3.8, 4) is 23.1 Å². The molecule has 0 spiro atoms. The van der Waals surface area contributed by atoms with Crippen LogP contribution in [0.4, 0.5) is 13.2 Å². The Labute approximate surface area is 195 Å². The van der Waals surface area contributed by atoms with E-state index >= 15 is 0 Å². The average Bonchev–Trinajstić information content (AvgIpc) is 3.28. The molecule has 1 saturated heterocycles. The van der Waals surface area contributed by atoms with E-state index in [1.165, 1.54) is 24.3 Å². The first kappa shape index (κ1) is 23.6. The van der Waals surface area contributed by atoms with Crippen LogP contribution in [0.1, 0.15) is 11.6 Å². The molecule has 0 bridgehead atoms. The number of ether oxygens (including phenoxy) is 2. The summed E-state index contributed by atoms with van der Waals surface area (Å²) in [6, 6.07) is 7.95. The maximum Gasteiger partial charge on any atom is 0.229 e. The Bertz CT molecular complexity index is 1260. The van der Waals surface area contributed by atoms with Crippen molar-refractivity contribution in [2.24, 2.45) is 0 Å². The maximum absolute atomic E-state index is 13.6. The molecule has 4 rings (SSSR count). The van der Waals surface area contributed by atoms with Gasteiger partial charge < -0.3 is 24.8 Å². The molecule has 3 N–H and O–H groups in total. The smallest absolute Gasteiger partial charge is 0.229 e. The van der Waals surface area contributed by atoms with Crippen molar-refractivity contribution in [1.29, 1.82) is 5.26 Å². The van der Waals surface area contributed by atoms with E-state index in [1.54, 1.807) is 0 Å². The summed E-state index contributed by atoms with van der Waals surface area (Å²) in [6.07, 6.45) is -5.05. The zero-order valence-corrected chi connectivity index (χ0v) is 17.7. The summed E-state index contributed by atoms with van der Waals surface area (Å²) in [5, 5.41) is 47.3. The second kappa shape index (κ2) is 9.35. The van der Waals surface area contributed by atoms with Gasteiger partial charge in [0.1, 0.15) is 29.7 Å². The number of thiocarbonyl (C=S) groups is 1. The van der Waals surface area contributed by atoms with Crippen LogP contribution in [0.2, 0.25) is 0 Å². The molecule has 1 fully saturated rings. The largest absolute Gasteiger partial charge is 0.500 e. The zero-order chi connectivity index (χ0) is 24.6. The van der Waals surface area contributed by atoms with E-state index in [1.807, 2.05) is 6.07 Å². The molecule has 3 aromatic rings. The molecule has 0 radical (unpaired) electrons. The van der Waals surface area contributed by atoms with Crippen molar-refractivity contribution < 1.29 is 38.0 Å². The highest BCUT2D eigenvalue weighted by Gasteiger charge is 2.49. The van der Waals surface area contributed by atoms with Gasteiger partial charge in [0.05, 0.1) is 17.8 Å². The third kappa shape index (κ3) is 4.44. The highest BCUT2D eigenvalue weighted by Crippen LogP contribution is 2.33. The van der Waals surface area contributed by atoms with Crippen molar-refractivity contribution >= 4 is 17.3 Å². The summed E-state index contributed by atoms with van der Waals surface area (Å²) in [5.41, 5.74) is 0.0355. The molecule has 2 heterocycles. The number of aliphatic hydroxyl groups excluding tert-OH is 3. The van der Waals surface area contributed by atoms with Crippen molar-refractivity contribution in [3.63, 3.8) is 0 Å². The minimum absolute atomic E-state index is 0.0917. The number of rotatable bonds is 5. The van der Waals surface area contributed by atoms with Gasteiger partial charge in [-0.2, -0.15) is 5.26 Å².